The molecule has 1 heterocycles. The number of benzene rings is 2. The molecule has 37 heavy (non-hydrogen) atoms. The van der Waals surface area contributed by atoms with Crippen LogP contribution in [-0.2, 0) is 19.6 Å². The fourth-order valence-electron chi connectivity index (χ4n) is 4.08. The Morgan fingerprint density at radius 3 is 2.30 bits per heavy atom. The lowest BCUT2D eigenvalue weighted by atomic mass is 9.82. The Labute approximate surface area is 217 Å². The number of para-hydroxylation sites is 1. The Morgan fingerprint density at radius 2 is 1.65 bits per heavy atom. The predicted molar refractivity (Wildman–Crippen MR) is 144 cm³/mol. The van der Waals surface area contributed by atoms with Crippen LogP contribution in [0.2, 0.25) is 0 Å². The lowest BCUT2D eigenvalue weighted by Gasteiger charge is -2.29. The molecular formula is C27H32N4O5S. The number of sulfonamides is 1. The van der Waals surface area contributed by atoms with Crippen molar-refractivity contribution in [2.45, 2.75) is 26.7 Å². The Balaban J connectivity index is 1.92. The van der Waals surface area contributed by atoms with E-state index in [-0.39, 0.29) is 24.6 Å². The summed E-state index contributed by atoms with van der Waals surface area (Å²) in [6, 6.07) is 19.9. The zero-order chi connectivity index (χ0) is 27.0. The molecule has 9 nitrogen and oxygen atoms in total. The number of fused-ring (bicyclic) bond motifs is 1. The van der Waals surface area contributed by atoms with E-state index in [0.717, 1.165) is 21.6 Å². The molecule has 0 radical (unpaired) electrons. The van der Waals surface area contributed by atoms with Crippen LogP contribution >= 0.6 is 0 Å². The number of hydrogen-bond acceptors (Lipinski definition) is 6. The van der Waals surface area contributed by atoms with Crippen LogP contribution in [0.5, 0.6) is 0 Å². The van der Waals surface area contributed by atoms with Crippen LogP contribution < -0.4 is 15.3 Å². The SMILES string of the molecule is CC(C)C[C@@H](C(=O)NN(c1ccc2ccccc2n1)S(C)(=O)=O)[C@H](CC=Cc1ccccc1)C(=O)NO. The second-order valence-electron chi connectivity index (χ2n) is 9.23. The Hall–Kier alpha value is -3.76. The monoisotopic (exact) mass is 524 g/mol. The van der Waals surface area contributed by atoms with Crippen molar-refractivity contribution in [1.82, 2.24) is 15.9 Å². The summed E-state index contributed by atoms with van der Waals surface area (Å²) in [5.74, 6) is -3.25. The van der Waals surface area contributed by atoms with Gasteiger partial charge < -0.3 is 0 Å². The third-order valence-corrected chi connectivity index (χ3v) is 6.77. The molecule has 0 spiro atoms. The lowest BCUT2D eigenvalue weighted by molar-refractivity contribution is -0.140. The Morgan fingerprint density at radius 1 is 0.973 bits per heavy atom. The summed E-state index contributed by atoms with van der Waals surface area (Å²) < 4.78 is 26.1. The van der Waals surface area contributed by atoms with E-state index in [1.165, 1.54) is 6.07 Å². The third kappa shape index (κ3) is 7.61. The Bertz CT molecular complexity index is 1360. The van der Waals surface area contributed by atoms with Gasteiger partial charge in [-0.15, -0.1) is 0 Å². The van der Waals surface area contributed by atoms with Crippen molar-refractivity contribution < 1.29 is 23.2 Å². The average molecular weight is 525 g/mol. The first kappa shape index (κ1) is 27.8. The molecular weight excluding hydrogens is 492 g/mol. The van der Waals surface area contributed by atoms with Crippen molar-refractivity contribution in [3.8, 4) is 0 Å². The van der Waals surface area contributed by atoms with Crippen LogP contribution in [0.25, 0.3) is 17.0 Å². The molecule has 0 aliphatic heterocycles. The van der Waals surface area contributed by atoms with E-state index in [4.69, 9.17) is 0 Å². The van der Waals surface area contributed by atoms with E-state index in [1.807, 2.05) is 62.4 Å². The molecule has 1 aromatic heterocycles. The molecule has 0 aliphatic rings. The topological polar surface area (TPSA) is 129 Å². The fraction of sp³-hybridized carbons (Fsp3) is 0.296. The van der Waals surface area contributed by atoms with Crippen LogP contribution in [0, 0.1) is 17.8 Å². The highest BCUT2D eigenvalue weighted by molar-refractivity contribution is 7.92. The van der Waals surface area contributed by atoms with E-state index in [9.17, 15) is 23.2 Å². The number of anilines is 1. The third-order valence-electron chi connectivity index (χ3n) is 5.83. The summed E-state index contributed by atoms with van der Waals surface area (Å²) in [5, 5.41) is 10.2. The molecule has 0 saturated carbocycles. The van der Waals surface area contributed by atoms with Crippen molar-refractivity contribution in [3.63, 3.8) is 0 Å². The van der Waals surface area contributed by atoms with Gasteiger partial charge in [-0.25, -0.2) is 18.9 Å². The molecule has 196 valence electrons. The first-order chi connectivity index (χ1) is 17.6. The number of hydroxylamine groups is 1. The van der Waals surface area contributed by atoms with Gasteiger partial charge in [-0.3, -0.25) is 20.2 Å². The fourth-order valence-corrected chi connectivity index (χ4v) is 4.77. The number of rotatable bonds is 11. The highest BCUT2D eigenvalue weighted by atomic mass is 32.2. The molecule has 10 heteroatoms. The number of pyridine rings is 1. The minimum atomic E-state index is -3.97. The number of aromatic nitrogens is 1. The molecule has 3 aromatic rings. The van der Waals surface area contributed by atoms with Crippen molar-refractivity contribution in [3.05, 3.63) is 78.4 Å². The minimum Gasteiger partial charge on any atom is -0.289 e. The van der Waals surface area contributed by atoms with E-state index >= 15 is 0 Å². The van der Waals surface area contributed by atoms with Gasteiger partial charge in [0.15, 0.2) is 5.82 Å². The van der Waals surface area contributed by atoms with Crippen LogP contribution in [0.4, 0.5) is 5.82 Å². The number of carbonyl (C=O) groups is 2. The average Bonchev–Trinajstić information content (AvgIpc) is 2.87. The van der Waals surface area contributed by atoms with Gasteiger partial charge in [-0.05, 0) is 42.5 Å². The maximum atomic E-state index is 13.5. The van der Waals surface area contributed by atoms with Crippen LogP contribution in [0.15, 0.2) is 72.8 Å². The molecule has 0 unspecified atom stereocenters. The number of carbonyl (C=O) groups excluding carboxylic acids is 2. The first-order valence-electron chi connectivity index (χ1n) is 11.9. The van der Waals surface area contributed by atoms with Crippen molar-refractivity contribution in [2.24, 2.45) is 17.8 Å². The lowest BCUT2D eigenvalue weighted by Crippen LogP contribution is -2.51. The molecule has 0 saturated heterocycles. The molecule has 0 aliphatic carbocycles. The van der Waals surface area contributed by atoms with Gasteiger partial charge in [-0.2, -0.15) is 4.41 Å². The smallest absolute Gasteiger partial charge is 0.251 e. The van der Waals surface area contributed by atoms with Gasteiger partial charge in [0.1, 0.15) is 0 Å². The van der Waals surface area contributed by atoms with Crippen LogP contribution in [0.3, 0.4) is 0 Å². The highest BCUT2D eigenvalue weighted by Gasteiger charge is 2.35. The number of hydrazine groups is 1. The summed E-state index contributed by atoms with van der Waals surface area (Å²) in [6.45, 7) is 3.79. The van der Waals surface area contributed by atoms with Gasteiger partial charge in [0, 0.05) is 5.39 Å². The van der Waals surface area contributed by atoms with Crippen molar-refractivity contribution in [1.29, 1.82) is 0 Å². The zero-order valence-corrected chi connectivity index (χ0v) is 21.9. The molecule has 2 amide bonds. The maximum absolute atomic E-state index is 13.5. The first-order valence-corrected chi connectivity index (χ1v) is 13.8. The van der Waals surface area contributed by atoms with Gasteiger partial charge >= 0.3 is 0 Å². The minimum absolute atomic E-state index is 0.00771. The predicted octanol–water partition coefficient (Wildman–Crippen LogP) is 3.92. The van der Waals surface area contributed by atoms with Gasteiger partial charge in [0.25, 0.3) is 10.0 Å². The summed E-state index contributed by atoms with van der Waals surface area (Å²) in [5.41, 5.74) is 5.61. The number of nitrogens with zero attached hydrogens (tertiary/aromatic N) is 2. The molecule has 3 N–H and O–H groups in total. The normalized spacial score (nSPS) is 13.4. The van der Waals surface area contributed by atoms with Gasteiger partial charge in [0.05, 0.1) is 23.6 Å². The molecule has 2 aromatic carbocycles. The number of nitrogens with one attached hydrogen (secondary N) is 2. The summed E-state index contributed by atoms with van der Waals surface area (Å²) in [6.07, 6.45) is 4.98. The van der Waals surface area contributed by atoms with E-state index in [0.29, 0.717) is 5.52 Å². The molecule has 0 bridgehead atoms. The number of allylic oxidation sites excluding steroid dienone is 1. The van der Waals surface area contributed by atoms with Crippen LogP contribution in [0.1, 0.15) is 32.3 Å². The second-order valence-corrected chi connectivity index (χ2v) is 11.1. The zero-order valence-electron chi connectivity index (χ0n) is 21.0. The maximum Gasteiger partial charge on any atom is 0.251 e. The number of amides is 2. The molecule has 3 rings (SSSR count). The standard InChI is InChI=1S/C27H32N4O5S/c1-19(2)18-23(22(27(33)30-34)14-9-12-20-10-5-4-6-11-20)26(32)29-31(37(3,35)36)25-17-16-21-13-7-8-15-24(21)28-25/h4-13,15-17,19,22-23,34H,14,18H2,1-3H3,(H,29,32)(H,30,33)/t22-,23+/m0/s1. The van der Waals surface area contributed by atoms with Crippen molar-refractivity contribution >= 4 is 44.6 Å². The van der Waals surface area contributed by atoms with Gasteiger partial charge in [0.2, 0.25) is 11.8 Å². The number of hydrogen-bond donors (Lipinski definition) is 3. The van der Waals surface area contributed by atoms with E-state index in [1.54, 1.807) is 29.8 Å². The van der Waals surface area contributed by atoms with E-state index in [2.05, 4.69) is 10.4 Å². The van der Waals surface area contributed by atoms with Gasteiger partial charge in [-0.1, -0.05) is 74.5 Å². The van der Waals surface area contributed by atoms with Crippen molar-refractivity contribution in [2.75, 3.05) is 10.7 Å². The van der Waals surface area contributed by atoms with E-state index < -0.39 is 33.7 Å². The highest BCUT2D eigenvalue weighted by Crippen LogP contribution is 2.27. The molecule has 0 fully saturated rings. The summed E-state index contributed by atoms with van der Waals surface area (Å²) >= 11 is 0. The van der Waals surface area contributed by atoms with Crippen LogP contribution in [-0.4, -0.2) is 36.7 Å². The second kappa shape index (κ2) is 12.5. The summed E-state index contributed by atoms with van der Waals surface area (Å²) in [4.78, 5) is 30.6. The molecule has 2 atom stereocenters. The quantitative estimate of drug-likeness (QED) is 0.258. The largest absolute Gasteiger partial charge is 0.289 e. The summed E-state index contributed by atoms with van der Waals surface area (Å²) in [7, 11) is -3.97. The Kier molecular flexibility index (Phi) is 9.37.